The Bertz CT molecular complexity index is 183. The van der Waals surface area contributed by atoms with Crippen molar-refractivity contribution in [3.05, 3.63) is 0 Å². The molecule has 0 aromatic carbocycles. The number of rotatable bonds is 7. The van der Waals surface area contributed by atoms with Gasteiger partial charge in [0.1, 0.15) is 0 Å². The van der Waals surface area contributed by atoms with Gasteiger partial charge in [0.2, 0.25) is 0 Å². The van der Waals surface area contributed by atoms with Gasteiger partial charge in [-0.25, -0.2) is 0 Å². The zero-order valence-corrected chi connectivity index (χ0v) is 10.9. The quantitative estimate of drug-likeness (QED) is 0.715. The van der Waals surface area contributed by atoms with Gasteiger partial charge in [0, 0.05) is 12.6 Å². The molecule has 0 spiro atoms. The Balaban J connectivity index is 1.66. The van der Waals surface area contributed by atoms with Crippen LogP contribution in [-0.2, 0) is 0 Å². The Kier molecular flexibility index (Phi) is 5.11. The van der Waals surface area contributed by atoms with Crippen molar-refractivity contribution in [2.45, 2.75) is 57.9 Å². The molecule has 1 aliphatic carbocycles. The van der Waals surface area contributed by atoms with Crippen molar-refractivity contribution in [2.75, 3.05) is 26.2 Å². The van der Waals surface area contributed by atoms with Crippen molar-refractivity contribution in [3.63, 3.8) is 0 Å². The van der Waals surface area contributed by atoms with Crippen LogP contribution in [0.2, 0.25) is 0 Å². The first kappa shape index (κ1) is 12.4. The summed E-state index contributed by atoms with van der Waals surface area (Å²) in [5.41, 5.74) is 0. The van der Waals surface area contributed by atoms with Crippen molar-refractivity contribution >= 4 is 0 Å². The van der Waals surface area contributed by atoms with Crippen LogP contribution < -0.4 is 5.32 Å². The molecule has 2 aliphatic rings. The van der Waals surface area contributed by atoms with E-state index in [-0.39, 0.29) is 0 Å². The summed E-state index contributed by atoms with van der Waals surface area (Å²) >= 11 is 0. The molecule has 1 saturated carbocycles. The van der Waals surface area contributed by atoms with Crippen molar-refractivity contribution in [1.82, 2.24) is 10.2 Å². The second-order valence-electron chi connectivity index (χ2n) is 5.68. The van der Waals surface area contributed by atoms with Crippen LogP contribution in [-0.4, -0.2) is 37.1 Å². The highest BCUT2D eigenvalue weighted by molar-refractivity contribution is 4.79. The van der Waals surface area contributed by atoms with Crippen LogP contribution >= 0.6 is 0 Å². The lowest BCUT2D eigenvalue weighted by Crippen LogP contribution is -2.44. The molecule has 0 bridgehead atoms. The smallest absolute Gasteiger partial charge is 0.0195 e. The van der Waals surface area contributed by atoms with Gasteiger partial charge >= 0.3 is 0 Å². The van der Waals surface area contributed by atoms with E-state index >= 15 is 0 Å². The summed E-state index contributed by atoms with van der Waals surface area (Å²) in [5, 5.41) is 3.67. The van der Waals surface area contributed by atoms with Crippen molar-refractivity contribution in [1.29, 1.82) is 0 Å². The van der Waals surface area contributed by atoms with Gasteiger partial charge < -0.3 is 10.2 Å². The van der Waals surface area contributed by atoms with E-state index in [9.17, 15) is 0 Å². The maximum atomic E-state index is 3.67. The van der Waals surface area contributed by atoms with E-state index in [1.165, 1.54) is 71.1 Å². The summed E-state index contributed by atoms with van der Waals surface area (Å²) in [6, 6.07) is 0.777. The molecular formula is C14H28N2. The van der Waals surface area contributed by atoms with Crippen LogP contribution in [0.3, 0.4) is 0 Å². The minimum atomic E-state index is 0.777. The molecule has 0 amide bonds. The average Bonchev–Trinajstić information content (AvgIpc) is 3.11. The monoisotopic (exact) mass is 224 g/mol. The Morgan fingerprint density at radius 3 is 2.62 bits per heavy atom. The van der Waals surface area contributed by atoms with Gasteiger partial charge in [0.15, 0.2) is 0 Å². The standard InChI is InChI=1S/C14H28N2/c1-2-10-16(11-8-13-6-7-13)12-14-5-3-4-9-15-14/h13-15H,2-12H2,1H3. The predicted octanol–water partition coefficient (Wildman–Crippen LogP) is 2.64. The summed E-state index contributed by atoms with van der Waals surface area (Å²) in [7, 11) is 0. The van der Waals surface area contributed by atoms with E-state index in [1.54, 1.807) is 0 Å². The Labute approximate surface area is 101 Å². The lowest BCUT2D eigenvalue weighted by molar-refractivity contribution is 0.219. The summed E-state index contributed by atoms with van der Waals surface area (Å²) in [5.74, 6) is 1.08. The fourth-order valence-electron chi connectivity index (χ4n) is 2.77. The second-order valence-corrected chi connectivity index (χ2v) is 5.68. The number of nitrogens with one attached hydrogen (secondary N) is 1. The van der Waals surface area contributed by atoms with E-state index < -0.39 is 0 Å². The molecule has 0 radical (unpaired) electrons. The predicted molar refractivity (Wildman–Crippen MR) is 69.7 cm³/mol. The molecule has 1 aliphatic heterocycles. The van der Waals surface area contributed by atoms with Gasteiger partial charge in [0.05, 0.1) is 0 Å². The summed E-state index contributed by atoms with van der Waals surface area (Å²) in [6.45, 7) is 7.48. The first-order valence-corrected chi connectivity index (χ1v) is 7.34. The highest BCUT2D eigenvalue weighted by atomic mass is 15.1. The van der Waals surface area contributed by atoms with Crippen molar-refractivity contribution in [3.8, 4) is 0 Å². The molecule has 16 heavy (non-hydrogen) atoms. The first-order valence-electron chi connectivity index (χ1n) is 7.34. The van der Waals surface area contributed by atoms with Crippen LogP contribution in [0.25, 0.3) is 0 Å². The van der Waals surface area contributed by atoms with Crippen LogP contribution in [0.5, 0.6) is 0 Å². The Morgan fingerprint density at radius 1 is 1.12 bits per heavy atom. The molecular weight excluding hydrogens is 196 g/mol. The van der Waals surface area contributed by atoms with E-state index in [2.05, 4.69) is 17.1 Å². The zero-order valence-electron chi connectivity index (χ0n) is 10.9. The topological polar surface area (TPSA) is 15.3 Å². The van der Waals surface area contributed by atoms with Crippen LogP contribution in [0.4, 0.5) is 0 Å². The lowest BCUT2D eigenvalue weighted by atomic mass is 10.0. The number of hydrogen-bond donors (Lipinski definition) is 1. The van der Waals surface area contributed by atoms with Gasteiger partial charge in [-0.15, -0.1) is 0 Å². The first-order chi connectivity index (χ1) is 7.88. The van der Waals surface area contributed by atoms with E-state index in [4.69, 9.17) is 0 Å². The number of piperidine rings is 1. The zero-order chi connectivity index (χ0) is 11.2. The molecule has 1 N–H and O–H groups in total. The van der Waals surface area contributed by atoms with Crippen LogP contribution in [0.15, 0.2) is 0 Å². The van der Waals surface area contributed by atoms with Crippen LogP contribution in [0, 0.1) is 5.92 Å². The summed E-state index contributed by atoms with van der Waals surface area (Å²) in [4.78, 5) is 2.70. The Hall–Kier alpha value is -0.0800. The van der Waals surface area contributed by atoms with Crippen molar-refractivity contribution in [2.24, 2.45) is 5.92 Å². The highest BCUT2D eigenvalue weighted by Crippen LogP contribution is 2.32. The highest BCUT2D eigenvalue weighted by Gasteiger charge is 2.22. The molecule has 94 valence electrons. The molecule has 1 saturated heterocycles. The molecule has 2 fully saturated rings. The van der Waals surface area contributed by atoms with Gasteiger partial charge in [-0.05, 0) is 51.2 Å². The van der Waals surface area contributed by atoms with Crippen molar-refractivity contribution < 1.29 is 0 Å². The normalized spacial score (nSPS) is 26.2. The van der Waals surface area contributed by atoms with E-state index in [0.717, 1.165) is 12.0 Å². The summed E-state index contributed by atoms with van der Waals surface area (Å²) < 4.78 is 0. The molecule has 2 nitrogen and oxygen atoms in total. The molecule has 2 heteroatoms. The second kappa shape index (κ2) is 6.61. The third kappa shape index (κ3) is 4.42. The maximum Gasteiger partial charge on any atom is 0.0195 e. The average molecular weight is 224 g/mol. The minimum absolute atomic E-state index is 0.777. The summed E-state index contributed by atoms with van der Waals surface area (Å²) in [6.07, 6.45) is 9.96. The van der Waals surface area contributed by atoms with Gasteiger partial charge in [-0.2, -0.15) is 0 Å². The Morgan fingerprint density at radius 2 is 2.00 bits per heavy atom. The number of nitrogens with zero attached hydrogens (tertiary/aromatic N) is 1. The molecule has 2 rings (SSSR count). The number of hydrogen-bond acceptors (Lipinski definition) is 2. The van der Waals surface area contributed by atoms with Crippen LogP contribution in [0.1, 0.15) is 51.9 Å². The van der Waals surface area contributed by atoms with Gasteiger partial charge in [0.25, 0.3) is 0 Å². The SMILES string of the molecule is CCCN(CCC1CC1)CC1CCCCN1. The van der Waals surface area contributed by atoms with E-state index in [1.807, 2.05) is 0 Å². The fourth-order valence-corrected chi connectivity index (χ4v) is 2.77. The third-order valence-electron chi connectivity index (χ3n) is 3.98. The molecule has 0 aromatic heterocycles. The lowest BCUT2D eigenvalue weighted by Gasteiger charge is -2.30. The maximum absolute atomic E-state index is 3.67. The largest absolute Gasteiger partial charge is 0.313 e. The molecule has 1 heterocycles. The minimum Gasteiger partial charge on any atom is -0.313 e. The molecule has 0 aromatic rings. The molecule has 1 unspecified atom stereocenters. The van der Waals surface area contributed by atoms with Gasteiger partial charge in [-0.1, -0.05) is 26.2 Å². The third-order valence-corrected chi connectivity index (χ3v) is 3.98. The van der Waals surface area contributed by atoms with E-state index in [0.29, 0.717) is 0 Å². The fraction of sp³-hybridized carbons (Fsp3) is 1.00. The molecule has 1 atom stereocenters. The van der Waals surface area contributed by atoms with Gasteiger partial charge in [-0.3, -0.25) is 0 Å².